The number of hydrogen-bond donors (Lipinski definition) is 1. The van der Waals surface area contributed by atoms with Crippen LogP contribution in [-0.4, -0.2) is 64.5 Å². The van der Waals surface area contributed by atoms with Crippen molar-refractivity contribution >= 4 is 24.3 Å². The van der Waals surface area contributed by atoms with Crippen molar-refractivity contribution in [1.82, 2.24) is 4.31 Å². The Balaban J connectivity index is 2.00. The number of aryl methyl sites for hydroxylation is 1. The van der Waals surface area contributed by atoms with Gasteiger partial charge in [-0.3, -0.25) is 0 Å². The van der Waals surface area contributed by atoms with Crippen molar-refractivity contribution in [3.8, 4) is 0 Å². The molecule has 1 aliphatic heterocycles. The van der Waals surface area contributed by atoms with Gasteiger partial charge >= 0.3 is 5.97 Å². The second-order valence-corrected chi connectivity index (χ2v) is 19.0. The molecule has 1 saturated heterocycles. The Bertz CT molecular complexity index is 1190. The average Bonchev–Trinajstić information content (AvgIpc) is 2.88. The molecular weight excluding hydrogens is 530 g/mol. The van der Waals surface area contributed by atoms with E-state index >= 15 is 0 Å². The van der Waals surface area contributed by atoms with Crippen LogP contribution >= 0.6 is 0 Å². The minimum atomic E-state index is -3.87. The zero-order valence-electron chi connectivity index (χ0n) is 24.5. The molecule has 0 aliphatic carbocycles. The Hall–Kier alpha value is -2.04. The second-order valence-electron chi connectivity index (χ2n) is 11.7. The molecule has 3 rings (SSSR count). The van der Waals surface area contributed by atoms with Gasteiger partial charge in [0.1, 0.15) is 0 Å². The number of nitrogens with zero attached hydrogens (tertiary/aromatic N) is 1. The molecule has 2 aromatic rings. The van der Waals surface area contributed by atoms with Gasteiger partial charge in [-0.05, 0) is 59.8 Å². The number of methoxy groups -OCH3 is 1. The monoisotopic (exact) mass is 575 g/mol. The first kappa shape index (κ1) is 31.5. The van der Waals surface area contributed by atoms with Crippen molar-refractivity contribution in [3.05, 3.63) is 65.2 Å². The maximum absolute atomic E-state index is 13.9. The number of benzene rings is 2. The number of hydrogen-bond acceptors (Lipinski definition) is 6. The van der Waals surface area contributed by atoms with E-state index in [9.17, 15) is 18.3 Å². The molecule has 9 heteroatoms. The van der Waals surface area contributed by atoms with Crippen molar-refractivity contribution in [2.45, 2.75) is 94.5 Å². The van der Waals surface area contributed by atoms with Crippen LogP contribution in [0.1, 0.15) is 75.4 Å². The summed E-state index contributed by atoms with van der Waals surface area (Å²) in [5, 5.41) is 11.3. The normalized spacial score (nSPS) is 21.1. The van der Waals surface area contributed by atoms with Crippen LogP contribution in [0.3, 0.4) is 0 Å². The number of aliphatic hydroxyl groups excluding tert-OH is 1. The van der Waals surface area contributed by atoms with E-state index in [1.54, 1.807) is 36.4 Å². The summed E-state index contributed by atoms with van der Waals surface area (Å²) >= 11 is 0. The highest BCUT2D eigenvalue weighted by Gasteiger charge is 2.48. The minimum Gasteiger partial charge on any atom is -0.465 e. The highest BCUT2D eigenvalue weighted by molar-refractivity contribution is 7.89. The molecule has 1 fully saturated rings. The lowest BCUT2D eigenvalue weighted by molar-refractivity contribution is 0.0416. The molecule has 1 heterocycles. The van der Waals surface area contributed by atoms with Crippen LogP contribution in [0.2, 0.25) is 16.6 Å². The number of carbonyl (C=O) groups excluding carboxylic acids is 1. The molecule has 1 aliphatic rings. The van der Waals surface area contributed by atoms with Gasteiger partial charge in [0, 0.05) is 18.5 Å². The van der Waals surface area contributed by atoms with E-state index in [2.05, 4.69) is 41.5 Å². The molecule has 0 radical (unpaired) electrons. The molecule has 0 spiro atoms. The summed E-state index contributed by atoms with van der Waals surface area (Å²) in [4.78, 5) is 12.1. The highest BCUT2D eigenvalue weighted by atomic mass is 32.2. The smallest absolute Gasteiger partial charge is 0.337 e. The Labute approximate surface area is 235 Å². The van der Waals surface area contributed by atoms with Gasteiger partial charge < -0.3 is 14.3 Å². The van der Waals surface area contributed by atoms with Crippen LogP contribution in [0.15, 0.2) is 53.4 Å². The summed E-state index contributed by atoms with van der Waals surface area (Å²) in [5.74, 6) is -0.729. The first-order valence-electron chi connectivity index (χ1n) is 13.8. The summed E-state index contributed by atoms with van der Waals surface area (Å²) in [5.41, 5.74) is 3.33. The lowest BCUT2D eigenvalue weighted by Gasteiger charge is -2.46. The number of aliphatic hydroxyl groups is 1. The summed E-state index contributed by atoms with van der Waals surface area (Å²) in [7, 11) is -4.80. The highest BCUT2D eigenvalue weighted by Crippen LogP contribution is 2.43. The third kappa shape index (κ3) is 6.49. The first-order valence-corrected chi connectivity index (χ1v) is 17.4. The van der Waals surface area contributed by atoms with E-state index in [1.165, 1.54) is 11.4 Å². The minimum absolute atomic E-state index is 0.0345. The Morgan fingerprint density at radius 2 is 1.51 bits per heavy atom. The molecule has 0 saturated carbocycles. The SMILES string of the molecule is COC(=O)c1ccc(C2CC(CO[Si](C(C)C)(C(C)C)C(C)C)N(S(=O)(=O)c3ccc(C)cc3)CC2O)cc1. The van der Waals surface area contributed by atoms with Crippen LogP contribution in [0.5, 0.6) is 0 Å². The van der Waals surface area contributed by atoms with Crippen LogP contribution in [0.25, 0.3) is 0 Å². The zero-order chi connectivity index (χ0) is 29.1. The summed E-state index contributed by atoms with van der Waals surface area (Å²) < 4.78 is 41.0. The third-order valence-corrected chi connectivity index (χ3v) is 16.4. The van der Waals surface area contributed by atoms with Gasteiger partial charge in [0.05, 0.1) is 30.3 Å². The number of sulfonamides is 1. The van der Waals surface area contributed by atoms with Crippen molar-refractivity contribution < 1.29 is 27.5 Å². The average molecular weight is 576 g/mol. The van der Waals surface area contributed by atoms with Gasteiger partial charge in [0.2, 0.25) is 10.0 Å². The predicted octanol–water partition coefficient (Wildman–Crippen LogP) is 5.88. The molecular formula is C30H45NO6SSi. The Morgan fingerprint density at radius 3 is 2.00 bits per heavy atom. The molecule has 2 aromatic carbocycles. The van der Waals surface area contributed by atoms with Crippen LogP contribution in [-0.2, 0) is 19.2 Å². The quantitative estimate of drug-likeness (QED) is 0.281. The zero-order valence-corrected chi connectivity index (χ0v) is 26.4. The van der Waals surface area contributed by atoms with Gasteiger partial charge in [-0.2, -0.15) is 4.31 Å². The van der Waals surface area contributed by atoms with Crippen LogP contribution in [0.4, 0.5) is 0 Å². The Kier molecular flexibility index (Phi) is 10.2. The molecule has 3 unspecified atom stereocenters. The van der Waals surface area contributed by atoms with Gasteiger partial charge in [-0.1, -0.05) is 71.4 Å². The third-order valence-electron chi connectivity index (χ3n) is 8.39. The summed E-state index contributed by atoms with van der Waals surface area (Å²) in [6.45, 7) is 15.4. The van der Waals surface area contributed by atoms with Gasteiger partial charge in [-0.15, -0.1) is 0 Å². The molecule has 0 aromatic heterocycles. The lowest BCUT2D eigenvalue weighted by Crippen LogP contribution is -2.56. The van der Waals surface area contributed by atoms with Crippen LogP contribution < -0.4 is 0 Å². The maximum atomic E-state index is 13.9. The molecule has 216 valence electrons. The fourth-order valence-corrected chi connectivity index (χ4v) is 13.5. The fourth-order valence-electron chi connectivity index (χ4n) is 6.40. The van der Waals surface area contributed by atoms with Gasteiger partial charge in [0.25, 0.3) is 0 Å². The Morgan fingerprint density at radius 1 is 0.974 bits per heavy atom. The first-order chi connectivity index (χ1) is 18.2. The lowest BCUT2D eigenvalue weighted by atomic mass is 9.84. The number of piperidine rings is 1. The van der Waals surface area contributed by atoms with E-state index in [1.807, 2.05) is 19.1 Å². The summed E-state index contributed by atoms with van der Waals surface area (Å²) in [6, 6.07) is 13.4. The molecule has 1 N–H and O–H groups in total. The van der Waals surface area contributed by atoms with Crippen LogP contribution in [0, 0.1) is 6.92 Å². The van der Waals surface area contributed by atoms with Crippen molar-refractivity contribution in [2.24, 2.45) is 0 Å². The van der Waals surface area contributed by atoms with E-state index in [0.29, 0.717) is 28.6 Å². The topological polar surface area (TPSA) is 93.1 Å². The largest absolute Gasteiger partial charge is 0.465 e. The number of ether oxygens (including phenoxy) is 1. The maximum Gasteiger partial charge on any atom is 0.337 e. The molecule has 0 bridgehead atoms. The van der Waals surface area contributed by atoms with E-state index in [-0.39, 0.29) is 24.0 Å². The van der Waals surface area contributed by atoms with Crippen molar-refractivity contribution in [3.63, 3.8) is 0 Å². The fraction of sp³-hybridized carbons (Fsp3) is 0.567. The van der Waals surface area contributed by atoms with E-state index in [0.717, 1.165) is 11.1 Å². The van der Waals surface area contributed by atoms with E-state index in [4.69, 9.17) is 9.16 Å². The number of rotatable bonds is 10. The number of esters is 1. The van der Waals surface area contributed by atoms with Gasteiger partial charge in [0.15, 0.2) is 8.32 Å². The van der Waals surface area contributed by atoms with E-state index < -0.39 is 36.5 Å². The second kappa shape index (κ2) is 12.6. The molecule has 7 nitrogen and oxygen atoms in total. The number of β-amino-alcohol motifs (C(OH)–C–C–N with tert-alkyl or cyclic N) is 1. The van der Waals surface area contributed by atoms with Gasteiger partial charge in [-0.25, -0.2) is 13.2 Å². The molecule has 3 atom stereocenters. The van der Waals surface area contributed by atoms with Crippen molar-refractivity contribution in [2.75, 3.05) is 20.3 Å². The number of carbonyl (C=O) groups is 1. The standard InChI is InChI=1S/C30H45NO6SSi/c1-20(2)39(21(3)4,22(5)6)37-19-26-17-28(24-11-13-25(14-12-24)30(33)36-8)29(32)18-31(26)38(34,35)27-15-9-23(7)10-16-27/h9-16,20-22,26,28-29,32H,17-19H2,1-8H3. The summed E-state index contributed by atoms with van der Waals surface area (Å²) in [6.07, 6.45) is -0.504. The van der Waals surface area contributed by atoms with Crippen molar-refractivity contribution in [1.29, 1.82) is 0 Å². The molecule has 0 amide bonds. The predicted molar refractivity (Wildman–Crippen MR) is 157 cm³/mol. The molecule has 39 heavy (non-hydrogen) atoms.